The first-order valence-corrected chi connectivity index (χ1v) is 9.84. The molecule has 0 unspecified atom stereocenters. The van der Waals surface area contributed by atoms with Crippen LogP contribution in [0, 0.1) is 13.8 Å². The second-order valence-corrected chi connectivity index (χ2v) is 7.86. The molecule has 2 aromatic carbocycles. The van der Waals surface area contributed by atoms with Crippen molar-refractivity contribution in [3.63, 3.8) is 0 Å². The number of thioether (sulfide) groups is 1. The summed E-state index contributed by atoms with van der Waals surface area (Å²) >= 11 is 1.61. The van der Waals surface area contributed by atoms with Crippen LogP contribution in [0.3, 0.4) is 0 Å². The van der Waals surface area contributed by atoms with Crippen molar-refractivity contribution in [2.24, 2.45) is 0 Å². The summed E-state index contributed by atoms with van der Waals surface area (Å²) in [5.74, 6) is 0.618. The van der Waals surface area contributed by atoms with Gasteiger partial charge in [0.25, 0.3) is 0 Å². The van der Waals surface area contributed by atoms with Crippen molar-refractivity contribution in [1.82, 2.24) is 10.2 Å². The normalized spacial score (nSPS) is 17.6. The van der Waals surface area contributed by atoms with Crippen LogP contribution in [-0.2, 0) is 11.3 Å². The molecule has 2 aromatic rings. The van der Waals surface area contributed by atoms with Crippen LogP contribution in [0.1, 0.15) is 23.1 Å². The molecule has 1 aliphatic rings. The molecule has 132 valence electrons. The van der Waals surface area contributed by atoms with Gasteiger partial charge in [0.05, 0.1) is 5.75 Å². The average Bonchev–Trinajstić information content (AvgIpc) is 3.03. The van der Waals surface area contributed by atoms with Crippen LogP contribution in [0.15, 0.2) is 53.4 Å². The van der Waals surface area contributed by atoms with Crippen LogP contribution in [0.5, 0.6) is 0 Å². The van der Waals surface area contributed by atoms with Gasteiger partial charge in [0, 0.05) is 30.6 Å². The first kappa shape index (κ1) is 18.0. The van der Waals surface area contributed by atoms with Crippen molar-refractivity contribution in [3.8, 4) is 0 Å². The standard InChI is InChI=1S/C21H26N2OS/c1-16-8-9-20(12-17(16)2)25-15-21(24)22-19-10-11-23(14-19)13-18-6-4-3-5-7-18/h3-9,12,19H,10-11,13-15H2,1-2H3,(H,22,24)/t19-/m0/s1. The number of hydrogen-bond donors (Lipinski definition) is 1. The summed E-state index contributed by atoms with van der Waals surface area (Å²) in [5, 5.41) is 3.19. The summed E-state index contributed by atoms with van der Waals surface area (Å²) in [6.07, 6.45) is 1.03. The summed E-state index contributed by atoms with van der Waals surface area (Å²) in [6.45, 7) is 7.17. The van der Waals surface area contributed by atoms with Gasteiger partial charge in [-0.25, -0.2) is 0 Å². The van der Waals surface area contributed by atoms with Crippen LogP contribution in [0.4, 0.5) is 0 Å². The van der Waals surface area contributed by atoms with Gasteiger partial charge in [0.15, 0.2) is 0 Å². The molecule has 0 saturated carbocycles. The van der Waals surface area contributed by atoms with E-state index in [1.165, 1.54) is 16.7 Å². The van der Waals surface area contributed by atoms with E-state index in [0.29, 0.717) is 5.75 Å². The summed E-state index contributed by atoms with van der Waals surface area (Å²) in [7, 11) is 0. The number of carbonyl (C=O) groups excluding carboxylic acids is 1. The molecule has 0 spiro atoms. The zero-order valence-electron chi connectivity index (χ0n) is 15.0. The molecule has 25 heavy (non-hydrogen) atoms. The molecule has 1 saturated heterocycles. The highest BCUT2D eigenvalue weighted by Gasteiger charge is 2.23. The number of hydrogen-bond acceptors (Lipinski definition) is 3. The number of carbonyl (C=O) groups is 1. The Kier molecular flexibility index (Phi) is 6.16. The molecule has 3 nitrogen and oxygen atoms in total. The molecule has 4 heteroatoms. The molecule has 0 radical (unpaired) electrons. The van der Waals surface area contributed by atoms with Crippen LogP contribution >= 0.6 is 11.8 Å². The first-order chi connectivity index (χ1) is 12.1. The van der Waals surface area contributed by atoms with E-state index < -0.39 is 0 Å². The number of amides is 1. The topological polar surface area (TPSA) is 32.3 Å². The zero-order valence-corrected chi connectivity index (χ0v) is 15.8. The Balaban J connectivity index is 1.42. The van der Waals surface area contributed by atoms with Gasteiger partial charge in [0.1, 0.15) is 0 Å². The summed E-state index contributed by atoms with van der Waals surface area (Å²) in [4.78, 5) is 15.8. The van der Waals surface area contributed by atoms with Crippen molar-refractivity contribution in [1.29, 1.82) is 0 Å². The van der Waals surface area contributed by atoms with Gasteiger partial charge in [0.2, 0.25) is 5.91 Å². The summed E-state index contributed by atoms with van der Waals surface area (Å²) < 4.78 is 0. The average molecular weight is 355 g/mol. The predicted molar refractivity (Wildman–Crippen MR) is 105 cm³/mol. The lowest BCUT2D eigenvalue weighted by molar-refractivity contribution is -0.119. The second kappa shape index (κ2) is 8.54. The van der Waals surface area contributed by atoms with Crippen LogP contribution in [-0.4, -0.2) is 35.7 Å². The molecule has 0 bridgehead atoms. The fourth-order valence-corrected chi connectivity index (χ4v) is 3.96. The first-order valence-electron chi connectivity index (χ1n) is 8.86. The summed E-state index contributed by atoms with van der Waals surface area (Å²) in [5.41, 5.74) is 3.90. The van der Waals surface area contributed by atoms with Crippen LogP contribution in [0.2, 0.25) is 0 Å². The van der Waals surface area contributed by atoms with Gasteiger partial charge in [-0.05, 0) is 49.1 Å². The molecule has 1 N–H and O–H groups in total. The van der Waals surface area contributed by atoms with Gasteiger partial charge in [-0.15, -0.1) is 11.8 Å². The minimum absolute atomic E-state index is 0.134. The van der Waals surface area contributed by atoms with Crippen molar-refractivity contribution >= 4 is 17.7 Å². The van der Waals surface area contributed by atoms with E-state index in [-0.39, 0.29) is 11.9 Å². The van der Waals surface area contributed by atoms with Gasteiger partial charge in [-0.2, -0.15) is 0 Å². The number of aryl methyl sites for hydroxylation is 2. The van der Waals surface area contributed by atoms with Gasteiger partial charge < -0.3 is 5.32 Å². The molecular formula is C21H26N2OS. The Bertz CT molecular complexity index is 717. The molecule has 1 amide bonds. The number of likely N-dealkylation sites (tertiary alicyclic amines) is 1. The van der Waals surface area contributed by atoms with Crippen LogP contribution in [0.25, 0.3) is 0 Å². The molecule has 1 atom stereocenters. The second-order valence-electron chi connectivity index (χ2n) is 6.81. The highest BCUT2D eigenvalue weighted by Crippen LogP contribution is 2.21. The Morgan fingerprint density at radius 1 is 1.16 bits per heavy atom. The smallest absolute Gasteiger partial charge is 0.230 e. The third-order valence-electron chi connectivity index (χ3n) is 4.73. The van der Waals surface area contributed by atoms with E-state index in [9.17, 15) is 4.79 Å². The number of benzene rings is 2. The Hall–Kier alpha value is -1.78. The monoisotopic (exact) mass is 354 g/mol. The predicted octanol–water partition coefficient (Wildman–Crippen LogP) is 3.79. The third-order valence-corrected chi connectivity index (χ3v) is 5.73. The molecule has 0 aliphatic carbocycles. The largest absolute Gasteiger partial charge is 0.351 e. The van der Waals surface area contributed by atoms with Crippen molar-refractivity contribution in [2.45, 2.75) is 37.8 Å². The van der Waals surface area contributed by atoms with Gasteiger partial charge >= 0.3 is 0 Å². The number of nitrogens with one attached hydrogen (secondary N) is 1. The maximum atomic E-state index is 12.2. The molecule has 0 aromatic heterocycles. The van der Waals surface area contributed by atoms with Crippen LogP contribution < -0.4 is 5.32 Å². The fourth-order valence-electron chi connectivity index (χ4n) is 3.16. The molecule has 1 heterocycles. The molecular weight excluding hydrogens is 328 g/mol. The van der Waals surface area contributed by atoms with E-state index in [1.54, 1.807) is 11.8 Å². The van der Waals surface area contributed by atoms with Crippen molar-refractivity contribution in [2.75, 3.05) is 18.8 Å². The summed E-state index contributed by atoms with van der Waals surface area (Å²) in [6, 6.07) is 17.2. The Labute approximate surface area is 154 Å². The van der Waals surface area contributed by atoms with E-state index >= 15 is 0 Å². The lowest BCUT2D eigenvalue weighted by Gasteiger charge is -2.16. The van der Waals surface area contributed by atoms with Gasteiger partial charge in [-0.3, -0.25) is 9.69 Å². The Morgan fingerprint density at radius 2 is 1.96 bits per heavy atom. The molecule has 3 rings (SSSR count). The lowest BCUT2D eigenvalue weighted by atomic mass is 10.1. The van der Waals surface area contributed by atoms with E-state index in [0.717, 1.165) is 31.0 Å². The van der Waals surface area contributed by atoms with Gasteiger partial charge in [-0.1, -0.05) is 36.4 Å². The number of nitrogens with zero attached hydrogens (tertiary/aromatic N) is 1. The third kappa shape index (κ3) is 5.35. The van der Waals surface area contributed by atoms with Crippen molar-refractivity contribution < 1.29 is 4.79 Å². The quantitative estimate of drug-likeness (QED) is 0.801. The zero-order chi connectivity index (χ0) is 17.6. The highest BCUT2D eigenvalue weighted by atomic mass is 32.2. The Morgan fingerprint density at radius 3 is 2.72 bits per heavy atom. The maximum absolute atomic E-state index is 12.2. The van der Waals surface area contributed by atoms with Crippen molar-refractivity contribution in [3.05, 3.63) is 65.2 Å². The maximum Gasteiger partial charge on any atom is 0.230 e. The van der Waals surface area contributed by atoms with E-state index in [4.69, 9.17) is 0 Å². The molecule has 1 fully saturated rings. The molecule has 1 aliphatic heterocycles. The van der Waals surface area contributed by atoms with E-state index in [1.807, 2.05) is 6.07 Å². The lowest BCUT2D eigenvalue weighted by Crippen LogP contribution is -2.37. The van der Waals surface area contributed by atoms with E-state index in [2.05, 4.69) is 66.5 Å². The SMILES string of the molecule is Cc1ccc(SCC(=O)N[C@H]2CCN(Cc3ccccc3)C2)cc1C. The number of rotatable bonds is 6. The fraction of sp³-hybridized carbons (Fsp3) is 0.381. The highest BCUT2D eigenvalue weighted by molar-refractivity contribution is 8.00. The minimum atomic E-state index is 0.134. The minimum Gasteiger partial charge on any atom is -0.351 e.